The van der Waals surface area contributed by atoms with Crippen molar-refractivity contribution in [3.8, 4) is 17.3 Å². The first-order valence-electron chi connectivity index (χ1n) is 16.9. The Morgan fingerprint density at radius 1 is 1.06 bits per heavy atom. The number of hydrogen-bond acceptors (Lipinski definition) is 7. The minimum Gasteiger partial charge on any atom is -0.494 e. The van der Waals surface area contributed by atoms with Crippen LogP contribution >= 0.6 is 0 Å². The Labute approximate surface area is 284 Å². The number of carbonyl (C=O) groups is 2. The van der Waals surface area contributed by atoms with Crippen LogP contribution in [-0.2, 0) is 24.8 Å². The first kappa shape index (κ1) is 32.7. The van der Waals surface area contributed by atoms with Crippen LogP contribution in [0.25, 0.3) is 33.6 Å². The minimum absolute atomic E-state index is 0.0724. The Kier molecular flexibility index (Phi) is 8.84. The van der Waals surface area contributed by atoms with Crippen molar-refractivity contribution >= 4 is 33.9 Å². The number of nitrogens with one attached hydrogen (secondary N) is 1. The summed E-state index contributed by atoms with van der Waals surface area (Å²) in [4.78, 5) is 38.9. The van der Waals surface area contributed by atoms with Crippen LogP contribution in [0.2, 0.25) is 0 Å². The summed E-state index contributed by atoms with van der Waals surface area (Å²) >= 11 is 0. The van der Waals surface area contributed by atoms with E-state index in [0.29, 0.717) is 66.4 Å². The second-order valence-corrected chi connectivity index (χ2v) is 13.1. The lowest BCUT2D eigenvalue weighted by atomic mass is 9.99. The molecule has 3 aromatic heterocycles. The molecule has 2 aliphatic heterocycles. The van der Waals surface area contributed by atoms with Crippen molar-refractivity contribution in [3.05, 3.63) is 76.7 Å². The molecule has 5 heterocycles. The number of imidazole rings is 1. The molecule has 2 amide bonds. The number of aromatic nitrogens is 4. The first-order valence-corrected chi connectivity index (χ1v) is 16.9. The zero-order valence-corrected chi connectivity index (χ0v) is 28.3. The average Bonchev–Trinajstić information content (AvgIpc) is 3.63. The van der Waals surface area contributed by atoms with Crippen LogP contribution in [0.1, 0.15) is 70.6 Å². The maximum atomic E-state index is 14.9. The summed E-state index contributed by atoms with van der Waals surface area (Å²) in [6, 6.07) is 13.7. The van der Waals surface area contributed by atoms with Crippen LogP contribution in [0.3, 0.4) is 0 Å². The molecule has 256 valence electrons. The predicted octanol–water partition coefficient (Wildman–Crippen LogP) is 5.14. The largest absolute Gasteiger partial charge is 0.494 e. The smallest absolute Gasteiger partial charge is 0.255 e. The van der Waals surface area contributed by atoms with Crippen LogP contribution in [0, 0.1) is 5.82 Å². The quantitative estimate of drug-likeness (QED) is 0.272. The summed E-state index contributed by atoms with van der Waals surface area (Å²) in [7, 11) is 5.19. The van der Waals surface area contributed by atoms with Crippen molar-refractivity contribution in [2.45, 2.75) is 63.8 Å². The molecule has 3 N–H and O–H groups in total. The molecule has 1 saturated heterocycles. The number of piperidine rings is 1. The monoisotopic (exact) mass is 667 g/mol. The maximum absolute atomic E-state index is 14.9. The third kappa shape index (κ3) is 5.93. The third-order valence-electron chi connectivity index (χ3n) is 10.0. The zero-order chi connectivity index (χ0) is 34.4. The Hall–Kier alpha value is -4.81. The molecule has 0 aliphatic carbocycles. The molecule has 5 aromatic rings. The average molecular weight is 668 g/mol. The molecule has 0 saturated carbocycles. The fourth-order valence-electron chi connectivity index (χ4n) is 7.37. The Morgan fingerprint density at radius 3 is 2.67 bits per heavy atom. The molecule has 0 unspecified atom stereocenters. The second-order valence-electron chi connectivity index (χ2n) is 13.1. The molecular formula is C37H42FN7O4. The molecule has 12 heteroatoms. The van der Waals surface area contributed by atoms with Crippen LogP contribution in [0.15, 0.2) is 48.5 Å². The topological polar surface area (TPSA) is 130 Å². The van der Waals surface area contributed by atoms with Gasteiger partial charge in [-0.1, -0.05) is 18.6 Å². The van der Waals surface area contributed by atoms with E-state index in [9.17, 15) is 14.0 Å². The SMILES string of the molecule is COc1cc(C(=O)N2CC[C@@H](OC)[C@@H](N)C2)cc2nc(-c3cc4ccc5nc4n3CCCCCc3cccc(F)c3C(=O)N[C@@H]5C)n(C)c12. The number of amides is 2. The lowest BCUT2D eigenvalue weighted by Gasteiger charge is -2.36. The van der Waals surface area contributed by atoms with Gasteiger partial charge < -0.3 is 34.6 Å². The van der Waals surface area contributed by atoms with Crippen molar-refractivity contribution < 1.29 is 23.5 Å². The lowest BCUT2D eigenvalue weighted by Crippen LogP contribution is -2.53. The van der Waals surface area contributed by atoms with Gasteiger partial charge in [-0.3, -0.25) is 9.59 Å². The van der Waals surface area contributed by atoms with E-state index in [4.69, 9.17) is 25.2 Å². The number of aryl methyl sites for hydroxylation is 3. The van der Waals surface area contributed by atoms with E-state index in [-0.39, 0.29) is 23.6 Å². The summed E-state index contributed by atoms with van der Waals surface area (Å²) in [6.45, 7) is 3.51. The van der Waals surface area contributed by atoms with Gasteiger partial charge in [-0.25, -0.2) is 14.4 Å². The molecule has 0 radical (unpaired) electrons. The number of nitrogens with zero attached hydrogens (tertiary/aromatic N) is 5. The maximum Gasteiger partial charge on any atom is 0.255 e. The van der Waals surface area contributed by atoms with Gasteiger partial charge >= 0.3 is 0 Å². The number of rotatable bonds is 4. The fourth-order valence-corrected chi connectivity index (χ4v) is 7.37. The first-order chi connectivity index (χ1) is 23.7. The highest BCUT2D eigenvalue weighted by Gasteiger charge is 2.31. The van der Waals surface area contributed by atoms with E-state index in [1.54, 1.807) is 31.3 Å². The third-order valence-corrected chi connectivity index (χ3v) is 10.0. The molecule has 7 rings (SSSR count). The minimum atomic E-state index is -0.511. The van der Waals surface area contributed by atoms with Crippen molar-refractivity contribution in [1.29, 1.82) is 0 Å². The van der Waals surface area contributed by atoms with E-state index in [1.165, 1.54) is 6.07 Å². The van der Waals surface area contributed by atoms with E-state index < -0.39 is 17.8 Å². The molecule has 1 fully saturated rings. The molecule has 11 nitrogen and oxygen atoms in total. The molecular weight excluding hydrogens is 625 g/mol. The molecule has 2 aromatic carbocycles. The summed E-state index contributed by atoms with van der Waals surface area (Å²) in [5.41, 5.74) is 11.4. The van der Waals surface area contributed by atoms with Crippen molar-refractivity contribution in [1.82, 2.24) is 29.3 Å². The number of fused-ring (bicyclic) bond motifs is 3. The van der Waals surface area contributed by atoms with E-state index >= 15 is 0 Å². The molecule has 2 bridgehead atoms. The number of hydrogen-bond donors (Lipinski definition) is 2. The Balaban J connectivity index is 1.28. The standard InChI is InChI=1S/C37H42FN7O4/c1-21-27-13-12-23-18-29(45(34(23)41-27)15-7-5-6-9-22-10-8-11-25(38)32(22)36(46)40-21)35-42-28-17-24(19-31(49-4)33(28)43(35)2)37(47)44-16-14-30(48-3)26(39)20-44/h8,10-13,17-19,21,26,30H,5-7,9,14-16,20,39H2,1-4H3,(H,40,46)/t21-,26+,30-/m1/s1. The van der Waals surface area contributed by atoms with E-state index in [1.807, 2.05) is 42.8 Å². The predicted molar refractivity (Wildman–Crippen MR) is 185 cm³/mol. The number of nitrogens with two attached hydrogens (primary N) is 1. The van der Waals surface area contributed by atoms with Crippen LogP contribution in [0.5, 0.6) is 5.75 Å². The van der Waals surface area contributed by atoms with Crippen molar-refractivity contribution in [3.63, 3.8) is 0 Å². The van der Waals surface area contributed by atoms with Gasteiger partial charge in [0.25, 0.3) is 11.8 Å². The lowest BCUT2D eigenvalue weighted by molar-refractivity contribution is 0.0227. The number of halogens is 1. The van der Waals surface area contributed by atoms with Gasteiger partial charge in [0.1, 0.15) is 22.7 Å². The van der Waals surface area contributed by atoms with Crippen LogP contribution < -0.4 is 15.8 Å². The highest BCUT2D eigenvalue weighted by atomic mass is 19.1. The van der Waals surface area contributed by atoms with E-state index in [2.05, 4.69) is 16.0 Å². The van der Waals surface area contributed by atoms with Gasteiger partial charge in [0.05, 0.1) is 41.7 Å². The fraction of sp³-hybridized carbons (Fsp3) is 0.405. The zero-order valence-electron chi connectivity index (χ0n) is 28.3. The number of pyridine rings is 1. The second kappa shape index (κ2) is 13.2. The van der Waals surface area contributed by atoms with Crippen LogP contribution in [0.4, 0.5) is 4.39 Å². The molecule has 49 heavy (non-hydrogen) atoms. The van der Waals surface area contributed by atoms with E-state index in [0.717, 1.165) is 41.5 Å². The Bertz CT molecular complexity index is 2070. The van der Waals surface area contributed by atoms with Gasteiger partial charge in [-0.15, -0.1) is 0 Å². The van der Waals surface area contributed by atoms with Gasteiger partial charge in [0.2, 0.25) is 0 Å². The molecule has 0 spiro atoms. The summed E-state index contributed by atoms with van der Waals surface area (Å²) in [6.07, 6.45) is 3.74. The summed E-state index contributed by atoms with van der Waals surface area (Å²) in [5, 5.41) is 3.91. The molecule has 2 aliphatic rings. The molecule has 3 atom stereocenters. The highest BCUT2D eigenvalue weighted by Crippen LogP contribution is 2.35. The van der Waals surface area contributed by atoms with Crippen molar-refractivity contribution in [2.24, 2.45) is 12.8 Å². The Morgan fingerprint density at radius 2 is 1.90 bits per heavy atom. The normalized spacial score (nSPS) is 20.3. The number of carbonyl (C=O) groups excluding carboxylic acids is 2. The highest BCUT2D eigenvalue weighted by molar-refractivity contribution is 6.00. The summed E-state index contributed by atoms with van der Waals surface area (Å²) < 4.78 is 30.4. The number of likely N-dealkylation sites (tertiary alicyclic amines) is 1. The van der Waals surface area contributed by atoms with Gasteiger partial charge in [0, 0.05) is 50.8 Å². The van der Waals surface area contributed by atoms with Crippen LogP contribution in [-0.4, -0.2) is 75.3 Å². The summed E-state index contributed by atoms with van der Waals surface area (Å²) in [5.74, 6) is 0.194. The van der Waals surface area contributed by atoms with Crippen molar-refractivity contribution in [2.75, 3.05) is 27.3 Å². The van der Waals surface area contributed by atoms with Gasteiger partial charge in [-0.05, 0) is 74.6 Å². The number of methoxy groups -OCH3 is 2. The number of ether oxygens (including phenoxy) is 2. The van der Waals surface area contributed by atoms with Gasteiger partial charge in [0.15, 0.2) is 5.82 Å². The number of benzene rings is 2. The van der Waals surface area contributed by atoms with Gasteiger partial charge in [-0.2, -0.15) is 0 Å².